The van der Waals surface area contributed by atoms with Gasteiger partial charge in [-0.2, -0.15) is 0 Å². The van der Waals surface area contributed by atoms with Crippen LogP contribution in [-0.2, 0) is 4.57 Å². The van der Waals surface area contributed by atoms with Crippen LogP contribution in [0.2, 0.25) is 0 Å². The molecule has 21 heavy (non-hydrogen) atoms. The van der Waals surface area contributed by atoms with Gasteiger partial charge in [-0.3, -0.25) is 0 Å². The van der Waals surface area contributed by atoms with Gasteiger partial charge in [-0.1, -0.05) is 0 Å². The van der Waals surface area contributed by atoms with Crippen LogP contribution < -0.4 is 0 Å². The van der Waals surface area contributed by atoms with Crippen molar-refractivity contribution in [2.45, 2.75) is 0 Å². The van der Waals surface area contributed by atoms with Gasteiger partial charge < -0.3 is 60.4 Å². The Morgan fingerprint density at radius 3 is 0.619 bits per heavy atom. The van der Waals surface area contributed by atoms with E-state index >= 15 is 0 Å². The summed E-state index contributed by atoms with van der Waals surface area (Å²) >= 11 is 0. The van der Waals surface area contributed by atoms with E-state index < -0.39 is 33.6 Å². The average Bonchev–Trinajstić information content (AvgIpc) is 1.91. The minimum absolute atomic E-state index is 1.83. The predicted octanol–water partition coefficient (Wildman–Crippen LogP) is -2.31. The van der Waals surface area contributed by atoms with E-state index in [4.69, 9.17) is 79.3 Å². The molecule has 18 heteroatoms. The molecule has 0 rings (SSSR count). The standard InChI is InChI=1S/3CH2O3.BH3O3.H3O4P/c4*2-1(3)4;1-5(2,3)4/h3*(H2,2,3,4);2-4H;(H3,1,2,3,4). The van der Waals surface area contributed by atoms with Gasteiger partial charge in [0.25, 0.3) is 0 Å². The number of phosphoric acid groups is 1. The number of carboxylic acid groups (broad SMARTS) is 6. The van der Waals surface area contributed by atoms with Crippen molar-refractivity contribution in [3.05, 3.63) is 0 Å². The van der Waals surface area contributed by atoms with Crippen LogP contribution in [0.3, 0.4) is 0 Å². The number of carbonyl (C=O) groups is 3. The lowest BCUT2D eigenvalue weighted by Gasteiger charge is -1.82. The lowest BCUT2D eigenvalue weighted by molar-refractivity contribution is 0.135. The lowest BCUT2D eigenvalue weighted by atomic mass is 10.3. The van der Waals surface area contributed by atoms with Crippen molar-refractivity contribution in [2.75, 3.05) is 0 Å². The van der Waals surface area contributed by atoms with Gasteiger partial charge in [-0.25, -0.2) is 18.9 Å². The summed E-state index contributed by atoms with van der Waals surface area (Å²) in [6, 6.07) is 0. The first-order valence-corrected chi connectivity index (χ1v) is 5.08. The van der Waals surface area contributed by atoms with E-state index in [1.54, 1.807) is 0 Å². The van der Waals surface area contributed by atoms with Crippen molar-refractivity contribution in [1.29, 1.82) is 0 Å². The Labute approximate surface area is 114 Å². The van der Waals surface area contributed by atoms with Crippen molar-refractivity contribution in [1.82, 2.24) is 0 Å². The van der Waals surface area contributed by atoms with Gasteiger partial charge in [0.15, 0.2) is 0 Å². The van der Waals surface area contributed by atoms with Gasteiger partial charge in [0.1, 0.15) is 0 Å². The van der Waals surface area contributed by atoms with E-state index in [0.29, 0.717) is 0 Å². The predicted molar refractivity (Wildman–Crippen MR) is 58.6 cm³/mol. The van der Waals surface area contributed by atoms with Crippen molar-refractivity contribution < 1.29 is 79.3 Å². The van der Waals surface area contributed by atoms with Crippen molar-refractivity contribution in [3.63, 3.8) is 0 Å². The summed E-state index contributed by atoms with van der Waals surface area (Å²) in [7, 11) is -6.81. The highest BCUT2D eigenvalue weighted by atomic mass is 31.2. The fourth-order valence-corrected chi connectivity index (χ4v) is 0. The molecule has 0 saturated carbocycles. The SMILES string of the molecule is O=C(O)O.O=C(O)O.O=C(O)O.O=P(O)(O)O.OB(O)O. The Morgan fingerprint density at radius 2 is 0.619 bits per heavy atom. The molecule has 0 aliphatic rings. The van der Waals surface area contributed by atoms with E-state index in [-0.39, 0.29) is 0 Å². The topological polar surface area (TPSA) is 311 Å². The summed E-state index contributed by atoms with van der Waals surface area (Å²) in [5.74, 6) is 0. The molecule has 0 radical (unpaired) electrons. The van der Waals surface area contributed by atoms with E-state index in [1.807, 2.05) is 0 Å². The molecule has 0 spiro atoms. The highest BCUT2D eigenvalue weighted by Crippen LogP contribution is 2.25. The van der Waals surface area contributed by atoms with Gasteiger partial charge >= 0.3 is 33.6 Å². The van der Waals surface area contributed by atoms with E-state index in [0.717, 1.165) is 0 Å². The second kappa shape index (κ2) is 20.2. The molecule has 0 heterocycles. The first-order chi connectivity index (χ1) is 8.93. The van der Waals surface area contributed by atoms with Crippen LogP contribution in [0.25, 0.3) is 0 Å². The van der Waals surface area contributed by atoms with Gasteiger partial charge in [-0.05, 0) is 0 Å². The molecule has 0 aromatic rings. The fourth-order valence-electron chi connectivity index (χ4n) is 0. The molecule has 0 aliphatic carbocycles. The number of hydrogen-bond acceptors (Lipinski definition) is 7. The van der Waals surface area contributed by atoms with Gasteiger partial charge in [0, 0.05) is 0 Å². The molecular formula is C3H12BO16P. The van der Waals surface area contributed by atoms with Gasteiger partial charge in [0.05, 0.1) is 0 Å². The highest BCUT2D eigenvalue weighted by molar-refractivity contribution is 7.45. The zero-order chi connectivity index (χ0) is 18.8. The van der Waals surface area contributed by atoms with Crippen molar-refractivity contribution in [2.24, 2.45) is 0 Å². The van der Waals surface area contributed by atoms with Crippen LogP contribution in [0.5, 0.6) is 0 Å². The monoisotopic (exact) mass is 346 g/mol. The summed E-state index contributed by atoms with van der Waals surface area (Å²) in [6.07, 6.45) is -5.50. The first-order valence-electron chi connectivity index (χ1n) is 3.51. The molecule has 128 valence electrons. The van der Waals surface area contributed by atoms with Crippen LogP contribution in [0.15, 0.2) is 0 Å². The summed E-state index contributed by atoms with van der Waals surface area (Å²) in [5.41, 5.74) is 0. The highest BCUT2D eigenvalue weighted by Gasteiger charge is 2.00. The quantitative estimate of drug-likeness (QED) is 0.162. The zero-order valence-electron chi connectivity index (χ0n) is 9.52. The van der Waals surface area contributed by atoms with E-state index in [9.17, 15) is 0 Å². The molecule has 0 unspecified atom stereocenters. The molecule has 0 fully saturated rings. The number of hydrogen-bond donors (Lipinski definition) is 12. The van der Waals surface area contributed by atoms with Gasteiger partial charge in [0.2, 0.25) is 0 Å². The maximum absolute atomic E-state index is 8.88. The summed E-state index contributed by atoms with van der Waals surface area (Å²) < 4.78 is 8.88. The van der Waals surface area contributed by atoms with Crippen LogP contribution in [-0.4, -0.2) is 86.2 Å². The fraction of sp³-hybridized carbons (Fsp3) is 0. The Balaban J connectivity index is -0.0000000510. The maximum Gasteiger partial charge on any atom is 0.631 e. The Morgan fingerprint density at radius 1 is 0.619 bits per heavy atom. The molecule has 0 aromatic carbocycles. The minimum Gasteiger partial charge on any atom is -0.450 e. The van der Waals surface area contributed by atoms with Crippen LogP contribution >= 0.6 is 7.82 Å². The lowest BCUT2D eigenvalue weighted by Crippen LogP contribution is -2.07. The van der Waals surface area contributed by atoms with Crippen LogP contribution in [0.4, 0.5) is 14.4 Å². The molecule has 0 amide bonds. The van der Waals surface area contributed by atoms with Crippen molar-refractivity contribution in [3.8, 4) is 0 Å². The molecule has 0 atom stereocenters. The Bertz CT molecular complexity index is 253. The zero-order valence-corrected chi connectivity index (χ0v) is 10.4. The molecule has 0 saturated heterocycles. The average molecular weight is 346 g/mol. The van der Waals surface area contributed by atoms with Crippen molar-refractivity contribution >= 4 is 33.6 Å². The molecule has 0 aliphatic heterocycles. The third-order valence-electron chi connectivity index (χ3n) is 0. The molecule has 0 bridgehead atoms. The normalized spacial score (nSPS) is 7.52. The third-order valence-corrected chi connectivity index (χ3v) is 0. The Kier molecular flexibility index (Phi) is 30.1. The molecule has 12 N–H and O–H groups in total. The van der Waals surface area contributed by atoms with Crippen LogP contribution in [0.1, 0.15) is 0 Å². The second-order valence-corrected chi connectivity index (χ2v) is 2.73. The van der Waals surface area contributed by atoms with E-state index in [1.165, 1.54) is 0 Å². The van der Waals surface area contributed by atoms with Gasteiger partial charge in [-0.15, -0.1) is 0 Å². The smallest absolute Gasteiger partial charge is 0.450 e. The number of rotatable bonds is 0. The minimum atomic E-state index is -4.64. The van der Waals surface area contributed by atoms with Crippen LogP contribution in [0, 0.1) is 0 Å². The summed E-state index contributed by atoms with van der Waals surface area (Å²) in [4.78, 5) is 47.2. The molecule has 16 nitrogen and oxygen atoms in total. The molecular weight excluding hydrogens is 334 g/mol. The maximum atomic E-state index is 8.88. The summed E-state index contributed by atoms with van der Waals surface area (Å²) in [5, 5.41) is 63.3. The molecule has 0 aromatic heterocycles. The Hall–Kier alpha value is -2.14. The third kappa shape index (κ3) is 986. The largest absolute Gasteiger partial charge is 0.631 e. The second-order valence-electron chi connectivity index (χ2n) is 1.71. The first kappa shape index (κ1) is 31.3. The summed E-state index contributed by atoms with van der Waals surface area (Å²) in [6.45, 7) is 0. The van der Waals surface area contributed by atoms with E-state index in [2.05, 4.69) is 0 Å².